The van der Waals surface area contributed by atoms with Gasteiger partial charge in [0.1, 0.15) is 0 Å². The van der Waals surface area contributed by atoms with E-state index < -0.39 is 10.3 Å². The van der Waals surface area contributed by atoms with Crippen molar-refractivity contribution in [2.45, 2.75) is 43.5 Å². The Morgan fingerprint density at radius 2 is 2.27 bits per heavy atom. The van der Waals surface area contributed by atoms with Crippen molar-refractivity contribution >= 4 is 17.0 Å². The van der Waals surface area contributed by atoms with Crippen LogP contribution in [0.3, 0.4) is 0 Å². The lowest BCUT2D eigenvalue weighted by Gasteiger charge is -2.41. The average Bonchev–Trinajstić information content (AvgIpc) is 2.17. The molecule has 86 valence electrons. The number of carbonyl (C=O) groups excluding carboxylic acids is 1. The first-order chi connectivity index (χ1) is 6.91. The average molecular weight is 229 g/mol. The molecule has 0 aromatic carbocycles. The van der Waals surface area contributed by atoms with Gasteiger partial charge in [-0.25, -0.2) is 0 Å². The summed E-state index contributed by atoms with van der Waals surface area (Å²) in [6.45, 7) is 3.52. The number of carbonyl (C=O) groups is 1. The Morgan fingerprint density at radius 1 is 1.60 bits per heavy atom. The third kappa shape index (κ3) is 2.75. The molecule has 1 unspecified atom stereocenters. The smallest absolute Gasteiger partial charge is 0.279 e. The summed E-state index contributed by atoms with van der Waals surface area (Å²) in [5, 5.41) is 12.7. The normalized spacial score (nSPS) is 26.4. The zero-order chi connectivity index (χ0) is 11.5. The first kappa shape index (κ1) is 12.6. The molecule has 1 rings (SSSR count). The van der Waals surface area contributed by atoms with E-state index >= 15 is 0 Å². The minimum Gasteiger partial charge on any atom is -0.389 e. The first-order valence-corrected chi connectivity index (χ1v) is 6.04. The maximum absolute atomic E-state index is 11.4. The Morgan fingerprint density at radius 3 is 2.67 bits per heavy atom. The van der Waals surface area contributed by atoms with Crippen LogP contribution in [0.4, 0.5) is 4.79 Å². The number of hydrogen-bond donors (Lipinski definition) is 2. The van der Waals surface area contributed by atoms with Gasteiger partial charge in [-0.05, 0) is 33.1 Å². The molecule has 1 amide bonds. The second-order valence-electron chi connectivity index (χ2n) is 4.38. The van der Waals surface area contributed by atoms with Gasteiger partial charge in [0.2, 0.25) is 0 Å². The highest BCUT2D eigenvalue weighted by molar-refractivity contribution is 8.14. The topological polar surface area (TPSA) is 49.3 Å². The van der Waals surface area contributed by atoms with E-state index in [1.54, 1.807) is 20.9 Å². The van der Waals surface area contributed by atoms with Gasteiger partial charge in [-0.2, -0.15) is 0 Å². The van der Waals surface area contributed by atoms with Gasteiger partial charge >= 0.3 is 0 Å². The molecule has 0 aromatic heterocycles. The van der Waals surface area contributed by atoms with Crippen LogP contribution in [0.5, 0.6) is 0 Å². The molecule has 0 spiro atoms. The minimum absolute atomic E-state index is 0.0938. The summed E-state index contributed by atoms with van der Waals surface area (Å²) in [4.78, 5) is 11.4. The molecule has 3 nitrogen and oxygen atoms in total. The lowest BCUT2D eigenvalue weighted by Crippen LogP contribution is -2.48. The van der Waals surface area contributed by atoms with Crippen LogP contribution < -0.4 is 5.32 Å². The van der Waals surface area contributed by atoms with E-state index in [1.165, 1.54) is 11.8 Å². The van der Waals surface area contributed by atoms with Crippen LogP contribution in [0.1, 0.15) is 33.1 Å². The summed E-state index contributed by atoms with van der Waals surface area (Å²) in [6, 6.07) is 0. The number of aliphatic hydroxyl groups is 1. The number of allylic oxidation sites excluding steroid dienone is 1. The highest BCUT2D eigenvalue weighted by Crippen LogP contribution is 2.44. The summed E-state index contributed by atoms with van der Waals surface area (Å²) in [7, 11) is 1.61. The molecule has 0 aliphatic heterocycles. The molecule has 0 radical (unpaired) electrons. The fourth-order valence-corrected chi connectivity index (χ4v) is 2.87. The molecule has 1 atom stereocenters. The Balaban J connectivity index is 2.91. The molecule has 2 N–H and O–H groups in total. The van der Waals surface area contributed by atoms with E-state index in [0.717, 1.165) is 19.3 Å². The molecule has 0 bridgehead atoms. The highest BCUT2D eigenvalue weighted by atomic mass is 32.2. The summed E-state index contributed by atoms with van der Waals surface area (Å²) in [6.07, 6.45) is 6.93. The monoisotopic (exact) mass is 229 g/mol. The third-order valence-corrected chi connectivity index (χ3v) is 4.41. The predicted molar refractivity (Wildman–Crippen MR) is 64.1 cm³/mol. The summed E-state index contributed by atoms with van der Waals surface area (Å²) >= 11 is 1.19. The van der Waals surface area contributed by atoms with Gasteiger partial charge in [0.05, 0.1) is 10.3 Å². The molecule has 0 aromatic rings. The van der Waals surface area contributed by atoms with E-state index in [2.05, 4.69) is 11.4 Å². The molecule has 1 aliphatic carbocycles. The molecule has 0 saturated carbocycles. The van der Waals surface area contributed by atoms with Crippen molar-refractivity contribution in [2.24, 2.45) is 0 Å². The Labute approximate surface area is 95.3 Å². The van der Waals surface area contributed by atoms with Crippen molar-refractivity contribution in [1.82, 2.24) is 5.32 Å². The van der Waals surface area contributed by atoms with Crippen LogP contribution in [-0.4, -0.2) is 27.7 Å². The maximum Gasteiger partial charge on any atom is 0.279 e. The van der Waals surface area contributed by atoms with Gasteiger partial charge in [-0.1, -0.05) is 23.9 Å². The van der Waals surface area contributed by atoms with Crippen LogP contribution in [0.25, 0.3) is 0 Å². The van der Waals surface area contributed by atoms with Gasteiger partial charge in [0.25, 0.3) is 5.24 Å². The molecule has 0 heterocycles. The quantitative estimate of drug-likeness (QED) is 0.714. The third-order valence-electron chi connectivity index (χ3n) is 2.82. The molecule has 0 saturated heterocycles. The Hall–Kier alpha value is -0.480. The summed E-state index contributed by atoms with van der Waals surface area (Å²) in [5.74, 6) is 0. The lowest BCUT2D eigenvalue weighted by molar-refractivity contribution is 0.0480. The van der Waals surface area contributed by atoms with Crippen LogP contribution in [0, 0.1) is 0 Å². The fourth-order valence-electron chi connectivity index (χ4n) is 1.78. The molecule has 1 aliphatic rings. The van der Waals surface area contributed by atoms with Crippen molar-refractivity contribution in [1.29, 1.82) is 0 Å². The first-order valence-electron chi connectivity index (χ1n) is 5.22. The van der Waals surface area contributed by atoms with E-state index in [-0.39, 0.29) is 5.24 Å². The van der Waals surface area contributed by atoms with Crippen LogP contribution in [-0.2, 0) is 0 Å². The highest BCUT2D eigenvalue weighted by Gasteiger charge is 2.44. The molecule has 15 heavy (non-hydrogen) atoms. The summed E-state index contributed by atoms with van der Waals surface area (Å²) < 4.78 is -0.481. The number of thioether (sulfide) groups is 1. The molecule has 0 fully saturated rings. The standard InChI is InChI=1S/C11H19NO2S/c1-10(2,14)11(15-9(13)12-3)7-5-4-6-8-11/h5,7,14H,4,6,8H2,1-3H3,(H,12,13). The van der Waals surface area contributed by atoms with Crippen molar-refractivity contribution in [3.63, 3.8) is 0 Å². The van der Waals surface area contributed by atoms with Gasteiger partial charge < -0.3 is 10.4 Å². The second kappa shape index (κ2) is 4.58. The summed E-state index contributed by atoms with van der Waals surface area (Å²) in [5.41, 5.74) is -0.888. The number of hydrogen-bond acceptors (Lipinski definition) is 3. The molecule has 4 heteroatoms. The zero-order valence-corrected chi connectivity index (χ0v) is 10.4. The molecular weight excluding hydrogens is 210 g/mol. The van der Waals surface area contributed by atoms with Gasteiger partial charge in [-0.15, -0.1) is 0 Å². The number of rotatable bonds is 2. The second-order valence-corrected chi connectivity index (χ2v) is 5.69. The Kier molecular flexibility index (Phi) is 3.84. The van der Waals surface area contributed by atoms with Gasteiger partial charge in [-0.3, -0.25) is 4.79 Å². The maximum atomic E-state index is 11.4. The molecular formula is C11H19NO2S. The minimum atomic E-state index is -0.888. The largest absolute Gasteiger partial charge is 0.389 e. The van der Waals surface area contributed by atoms with Crippen LogP contribution in [0.15, 0.2) is 12.2 Å². The van der Waals surface area contributed by atoms with E-state index in [1.807, 2.05) is 6.08 Å². The zero-order valence-electron chi connectivity index (χ0n) is 9.54. The van der Waals surface area contributed by atoms with E-state index in [4.69, 9.17) is 0 Å². The van der Waals surface area contributed by atoms with Crippen molar-refractivity contribution in [3.05, 3.63) is 12.2 Å². The van der Waals surface area contributed by atoms with Crippen LogP contribution >= 0.6 is 11.8 Å². The predicted octanol–water partition coefficient (Wildman–Crippen LogP) is 2.31. The fraction of sp³-hybridized carbons (Fsp3) is 0.727. The van der Waals surface area contributed by atoms with Gasteiger partial charge in [0.15, 0.2) is 0 Å². The van der Waals surface area contributed by atoms with Gasteiger partial charge in [0, 0.05) is 7.05 Å². The van der Waals surface area contributed by atoms with Crippen molar-refractivity contribution in [2.75, 3.05) is 7.05 Å². The Bertz CT molecular complexity index is 270. The van der Waals surface area contributed by atoms with Crippen molar-refractivity contribution in [3.8, 4) is 0 Å². The van der Waals surface area contributed by atoms with Crippen LogP contribution in [0.2, 0.25) is 0 Å². The van der Waals surface area contributed by atoms with E-state index in [0.29, 0.717) is 0 Å². The van der Waals surface area contributed by atoms with E-state index in [9.17, 15) is 9.90 Å². The number of nitrogens with one attached hydrogen (secondary N) is 1. The van der Waals surface area contributed by atoms with Crippen molar-refractivity contribution < 1.29 is 9.90 Å². The lowest BCUT2D eigenvalue weighted by atomic mass is 9.82. The SMILES string of the molecule is CNC(=O)SC1(C(C)(C)O)C=CCCC1. The number of amides is 1.